The smallest absolute Gasteiger partial charge is 0.368 e. The van der Waals surface area contributed by atoms with Crippen molar-refractivity contribution in [3.05, 3.63) is 83.0 Å². The molecule has 2 aliphatic rings. The molecular formula is C25H26F3N3. The maximum absolute atomic E-state index is 12.7. The van der Waals surface area contributed by atoms with Gasteiger partial charge in [-0.1, -0.05) is 29.8 Å². The first-order valence-electron chi connectivity index (χ1n) is 10.6. The van der Waals surface area contributed by atoms with Gasteiger partial charge in [0.05, 0.1) is 12.1 Å². The van der Waals surface area contributed by atoms with Crippen molar-refractivity contribution < 1.29 is 13.2 Å². The second kappa shape index (κ2) is 9.08. The van der Waals surface area contributed by atoms with Gasteiger partial charge in [0.15, 0.2) is 0 Å². The van der Waals surface area contributed by atoms with Crippen LogP contribution in [-0.2, 0) is 12.6 Å². The van der Waals surface area contributed by atoms with Crippen molar-refractivity contribution in [2.45, 2.75) is 51.2 Å². The summed E-state index contributed by atoms with van der Waals surface area (Å²) in [6.45, 7) is 3.07. The van der Waals surface area contributed by atoms with E-state index < -0.39 is 11.7 Å². The summed E-state index contributed by atoms with van der Waals surface area (Å²) >= 11 is 0. The Kier molecular flexibility index (Phi) is 6.25. The fourth-order valence-electron chi connectivity index (χ4n) is 4.34. The van der Waals surface area contributed by atoms with Gasteiger partial charge >= 0.3 is 6.18 Å². The van der Waals surface area contributed by atoms with Crippen LogP contribution in [0.4, 0.5) is 13.2 Å². The maximum atomic E-state index is 12.7. The summed E-state index contributed by atoms with van der Waals surface area (Å²) in [6, 6.07) is 11.4. The molecule has 3 nitrogen and oxygen atoms in total. The summed E-state index contributed by atoms with van der Waals surface area (Å²) in [5, 5.41) is 0. The van der Waals surface area contributed by atoms with Crippen molar-refractivity contribution in [3.63, 3.8) is 0 Å². The van der Waals surface area contributed by atoms with E-state index in [0.29, 0.717) is 18.2 Å². The number of benzene rings is 1. The third-order valence-electron chi connectivity index (χ3n) is 6.20. The Bertz CT molecular complexity index is 993. The summed E-state index contributed by atoms with van der Waals surface area (Å²) in [6.07, 6.45) is 7.42. The van der Waals surface area contributed by atoms with Crippen molar-refractivity contribution in [1.29, 1.82) is 0 Å². The van der Waals surface area contributed by atoms with E-state index in [1.165, 1.54) is 22.8 Å². The number of nitrogens with zero attached hydrogens (tertiary/aromatic N) is 3. The van der Waals surface area contributed by atoms with E-state index in [1.807, 2.05) is 24.5 Å². The van der Waals surface area contributed by atoms with Gasteiger partial charge in [-0.3, -0.25) is 9.98 Å². The predicted octanol–water partition coefficient (Wildman–Crippen LogP) is 6.26. The van der Waals surface area contributed by atoms with Crippen LogP contribution < -0.4 is 0 Å². The monoisotopic (exact) mass is 425 g/mol. The second-order valence-electron chi connectivity index (χ2n) is 8.20. The molecule has 0 N–H and O–H groups in total. The zero-order valence-electron chi connectivity index (χ0n) is 17.6. The number of rotatable bonds is 4. The van der Waals surface area contributed by atoms with Crippen LogP contribution >= 0.6 is 0 Å². The van der Waals surface area contributed by atoms with E-state index in [4.69, 9.17) is 0 Å². The molecule has 1 aromatic carbocycles. The first kappa shape index (κ1) is 21.3. The molecule has 0 bridgehead atoms. The molecule has 0 amide bonds. The van der Waals surface area contributed by atoms with Crippen LogP contribution in [0.2, 0.25) is 0 Å². The zero-order valence-corrected chi connectivity index (χ0v) is 17.6. The van der Waals surface area contributed by atoms with Crippen LogP contribution in [0.1, 0.15) is 55.0 Å². The number of alkyl halides is 3. The standard InChI is InChI=1S/C25H26F3N3/c1-18(20-5-9-24(10-6-20)31-13-11-29-12-14-31)21-4-2-3-19(15-21)16-23-8-7-22(17-30-23)25(26,27)28/h2-4,7-8,11-13,15,17,24H,5-6,9-10,14,16H2,1H3. The lowest BCUT2D eigenvalue weighted by atomic mass is 9.85. The van der Waals surface area contributed by atoms with E-state index in [9.17, 15) is 13.2 Å². The first-order chi connectivity index (χ1) is 14.9. The highest BCUT2D eigenvalue weighted by Crippen LogP contribution is 2.33. The van der Waals surface area contributed by atoms with Gasteiger partial charge in [0.1, 0.15) is 0 Å². The lowest BCUT2D eigenvalue weighted by molar-refractivity contribution is -0.137. The predicted molar refractivity (Wildman–Crippen MR) is 118 cm³/mol. The molecule has 2 aromatic rings. The summed E-state index contributed by atoms with van der Waals surface area (Å²) in [5.74, 6) is 0. The lowest BCUT2D eigenvalue weighted by Gasteiger charge is -2.34. The summed E-state index contributed by atoms with van der Waals surface area (Å²) in [5.41, 5.74) is 4.97. The Labute approximate surface area is 181 Å². The molecule has 31 heavy (non-hydrogen) atoms. The molecule has 162 valence electrons. The largest absolute Gasteiger partial charge is 0.417 e. The van der Waals surface area contributed by atoms with E-state index in [1.54, 1.807) is 0 Å². The zero-order chi connectivity index (χ0) is 21.8. The molecule has 1 saturated carbocycles. The SMILES string of the molecule is CC(=C1CCC(N2C=CN=CC2)CC1)c1cccc(Cc2ccc(C(F)(F)F)cn2)c1. The highest BCUT2D eigenvalue weighted by atomic mass is 19.4. The summed E-state index contributed by atoms with van der Waals surface area (Å²) in [7, 11) is 0. The van der Waals surface area contributed by atoms with Crippen molar-refractivity contribution in [1.82, 2.24) is 9.88 Å². The van der Waals surface area contributed by atoms with Crippen LogP contribution in [0.3, 0.4) is 0 Å². The van der Waals surface area contributed by atoms with Crippen LogP contribution in [0, 0.1) is 0 Å². The van der Waals surface area contributed by atoms with Crippen molar-refractivity contribution in [2.24, 2.45) is 4.99 Å². The molecule has 0 spiro atoms. The molecule has 0 unspecified atom stereocenters. The van der Waals surface area contributed by atoms with Crippen molar-refractivity contribution >= 4 is 11.8 Å². The van der Waals surface area contributed by atoms with Gasteiger partial charge in [-0.2, -0.15) is 13.2 Å². The van der Waals surface area contributed by atoms with Crippen LogP contribution in [0.15, 0.2) is 65.6 Å². The van der Waals surface area contributed by atoms with Crippen molar-refractivity contribution in [3.8, 4) is 0 Å². The number of halogens is 3. The number of aromatic nitrogens is 1. The van der Waals surface area contributed by atoms with E-state index in [0.717, 1.165) is 50.1 Å². The van der Waals surface area contributed by atoms with Gasteiger partial charge in [0.25, 0.3) is 0 Å². The minimum absolute atomic E-state index is 0.513. The molecule has 1 aromatic heterocycles. The molecule has 0 radical (unpaired) electrons. The third kappa shape index (κ3) is 5.24. The topological polar surface area (TPSA) is 28.5 Å². The highest BCUT2D eigenvalue weighted by molar-refractivity contribution is 5.68. The Morgan fingerprint density at radius 2 is 1.94 bits per heavy atom. The first-order valence-corrected chi connectivity index (χ1v) is 10.6. The van der Waals surface area contributed by atoms with E-state index >= 15 is 0 Å². The second-order valence-corrected chi connectivity index (χ2v) is 8.20. The number of allylic oxidation sites excluding steroid dienone is 2. The highest BCUT2D eigenvalue weighted by Gasteiger charge is 2.30. The van der Waals surface area contributed by atoms with Gasteiger partial charge in [0.2, 0.25) is 0 Å². The number of hydrogen-bond donors (Lipinski definition) is 0. The average Bonchev–Trinajstić information content (AvgIpc) is 2.79. The van der Waals surface area contributed by atoms with Gasteiger partial charge in [-0.05, 0) is 61.4 Å². The Balaban J connectivity index is 1.43. The van der Waals surface area contributed by atoms with Gasteiger partial charge < -0.3 is 4.90 Å². The van der Waals surface area contributed by atoms with Gasteiger partial charge in [-0.15, -0.1) is 0 Å². The third-order valence-corrected chi connectivity index (χ3v) is 6.20. The molecule has 0 saturated heterocycles. The number of pyridine rings is 1. The van der Waals surface area contributed by atoms with Gasteiger partial charge in [-0.25, -0.2) is 0 Å². The average molecular weight is 425 g/mol. The molecule has 1 aliphatic carbocycles. The molecule has 2 heterocycles. The molecule has 1 fully saturated rings. The quantitative estimate of drug-likeness (QED) is 0.578. The number of aliphatic imine (C=N–C) groups is 1. The molecule has 1 aliphatic heterocycles. The number of hydrogen-bond acceptors (Lipinski definition) is 3. The minimum Gasteiger partial charge on any atom is -0.368 e. The maximum Gasteiger partial charge on any atom is 0.417 e. The Hall–Kier alpha value is -2.89. The Morgan fingerprint density at radius 3 is 2.58 bits per heavy atom. The summed E-state index contributed by atoms with van der Waals surface area (Å²) < 4.78 is 38.2. The molecule has 4 rings (SSSR count). The Morgan fingerprint density at radius 1 is 1.13 bits per heavy atom. The molecule has 0 atom stereocenters. The normalized spacial score (nSPS) is 19.0. The van der Waals surface area contributed by atoms with E-state index in [-0.39, 0.29) is 0 Å². The molecular weight excluding hydrogens is 399 g/mol. The van der Waals surface area contributed by atoms with Crippen molar-refractivity contribution in [2.75, 3.05) is 6.54 Å². The fourth-order valence-corrected chi connectivity index (χ4v) is 4.34. The van der Waals surface area contributed by atoms with Crippen LogP contribution in [0.25, 0.3) is 5.57 Å². The molecule has 6 heteroatoms. The minimum atomic E-state index is -4.36. The summed E-state index contributed by atoms with van der Waals surface area (Å²) in [4.78, 5) is 10.5. The van der Waals surface area contributed by atoms with Crippen LogP contribution in [0.5, 0.6) is 0 Å². The fraction of sp³-hybridized carbons (Fsp3) is 0.360. The lowest BCUT2D eigenvalue weighted by Crippen LogP contribution is -2.35. The van der Waals surface area contributed by atoms with Crippen LogP contribution in [-0.4, -0.2) is 28.7 Å². The van der Waals surface area contributed by atoms with Gasteiger partial charge in [0, 0.05) is 43.0 Å². The van der Waals surface area contributed by atoms with E-state index in [2.05, 4.69) is 40.1 Å².